The Morgan fingerprint density at radius 3 is 2.32 bits per heavy atom. The van der Waals surface area contributed by atoms with Crippen molar-refractivity contribution in [1.82, 2.24) is 0 Å². The topological polar surface area (TPSA) is 167 Å². The number of Topliss-reactive ketones (excluding diaryl/α,β-unsaturated/α-hetero) is 1. The van der Waals surface area contributed by atoms with E-state index in [9.17, 15) is 34.2 Å². The van der Waals surface area contributed by atoms with E-state index in [1.807, 2.05) is 0 Å². The molecular formula is C43H55NO9. The van der Waals surface area contributed by atoms with E-state index < -0.39 is 40.1 Å². The Labute approximate surface area is 312 Å². The number of hydrogen-bond donors (Lipinski definition) is 4. The van der Waals surface area contributed by atoms with Gasteiger partial charge in [-0.25, -0.2) is 9.59 Å². The number of aromatic hydroxyl groups is 1. The van der Waals surface area contributed by atoms with Crippen molar-refractivity contribution >= 4 is 41.4 Å². The van der Waals surface area contributed by atoms with Gasteiger partial charge in [-0.3, -0.25) is 14.4 Å². The Morgan fingerprint density at radius 2 is 1.62 bits per heavy atom. The van der Waals surface area contributed by atoms with Crippen LogP contribution in [0.25, 0.3) is 6.08 Å². The van der Waals surface area contributed by atoms with Gasteiger partial charge >= 0.3 is 17.9 Å². The molecule has 0 bridgehead atoms. The van der Waals surface area contributed by atoms with Crippen LogP contribution >= 0.6 is 0 Å². The van der Waals surface area contributed by atoms with Gasteiger partial charge in [0.15, 0.2) is 0 Å². The standard InChI is InChI=1S/C43H55NO9/c1-38(2)19-20-42(37(51)52)21-22-43(25-53-36(50)14-7-26-23-27(45)8-10-30(26)44-34(47)12-13-35(48)49)28(29(42)24-38)9-11-32-40(5)17-16-33(46)39(3,4)31(40)15-18-41(32,43)6/h7-10,12-14,23,29,31-32,45H,11,15-22,24-25H2,1-6H3,(H,44,47)(H,48,49)(H,51,52)/b13-12+,14-7+/t29-,31?,32-,40+,41-,42+,43+/m1/s1. The van der Waals surface area contributed by atoms with Gasteiger partial charge in [0.05, 0.1) is 5.41 Å². The van der Waals surface area contributed by atoms with Crippen LogP contribution in [0.4, 0.5) is 5.69 Å². The summed E-state index contributed by atoms with van der Waals surface area (Å²) in [6.45, 7) is 13.5. The van der Waals surface area contributed by atoms with E-state index in [0.717, 1.165) is 50.2 Å². The number of fused-ring (bicyclic) bond motifs is 7. The number of aliphatic carboxylic acids is 2. The molecule has 0 heterocycles. The second kappa shape index (κ2) is 13.3. The van der Waals surface area contributed by atoms with Crippen molar-refractivity contribution in [3.63, 3.8) is 0 Å². The van der Waals surface area contributed by atoms with Crippen LogP contribution in [-0.4, -0.2) is 51.5 Å². The summed E-state index contributed by atoms with van der Waals surface area (Å²) in [6.07, 6.45) is 13.8. The van der Waals surface area contributed by atoms with Gasteiger partial charge in [-0.1, -0.05) is 53.2 Å². The molecule has 4 saturated carbocycles. The van der Waals surface area contributed by atoms with E-state index in [0.29, 0.717) is 43.1 Å². The maximum atomic E-state index is 13.7. The maximum Gasteiger partial charge on any atom is 0.330 e. The molecule has 5 aliphatic rings. The fourth-order valence-electron chi connectivity index (χ4n) is 12.1. The SMILES string of the molecule is CC1(C)CC[C@]2(C(=O)O)CC[C@]3(COC(=O)/C=C/c4cc(O)ccc4NC(=O)/C=C/C(=O)O)C(=CC[C@@H]4[C@@]5(C)CCC(=O)C(C)(C)C5CC[C@]43C)[C@H]2C1. The number of nitrogens with one attached hydrogen (secondary N) is 1. The minimum atomic E-state index is -1.28. The summed E-state index contributed by atoms with van der Waals surface area (Å²) >= 11 is 0. The van der Waals surface area contributed by atoms with Crippen molar-refractivity contribution in [2.75, 3.05) is 11.9 Å². The Balaban J connectivity index is 1.36. The maximum absolute atomic E-state index is 13.7. The number of ether oxygens (including phenoxy) is 1. The molecule has 0 spiro atoms. The number of esters is 1. The predicted molar refractivity (Wildman–Crippen MR) is 200 cm³/mol. The Hall–Kier alpha value is -4.21. The van der Waals surface area contributed by atoms with Crippen LogP contribution in [-0.2, 0) is 28.7 Å². The molecule has 4 N–H and O–H groups in total. The quantitative estimate of drug-likeness (QED) is 0.0898. The lowest BCUT2D eigenvalue weighted by molar-refractivity contribution is -0.202. The number of carbonyl (C=O) groups is 5. The zero-order valence-corrected chi connectivity index (χ0v) is 31.9. The van der Waals surface area contributed by atoms with Crippen LogP contribution < -0.4 is 5.32 Å². The molecule has 1 unspecified atom stereocenters. The number of ketones is 1. The number of carbonyl (C=O) groups excluding carboxylic acids is 3. The van der Waals surface area contributed by atoms with Gasteiger partial charge in [-0.2, -0.15) is 0 Å². The van der Waals surface area contributed by atoms with E-state index in [-0.39, 0.29) is 52.0 Å². The number of carboxylic acid groups (broad SMARTS) is 2. The number of benzene rings is 1. The van der Waals surface area contributed by atoms with Gasteiger partial charge in [0.2, 0.25) is 5.91 Å². The number of rotatable bonds is 8. The van der Waals surface area contributed by atoms with Gasteiger partial charge in [-0.15, -0.1) is 0 Å². The third-order valence-electron chi connectivity index (χ3n) is 15.0. The highest BCUT2D eigenvalue weighted by Gasteiger charge is 2.71. The first kappa shape index (κ1) is 38.5. The van der Waals surface area contributed by atoms with Crippen molar-refractivity contribution in [3.05, 3.63) is 53.6 Å². The molecule has 0 aliphatic heterocycles. The van der Waals surface area contributed by atoms with E-state index in [4.69, 9.17) is 9.84 Å². The lowest BCUT2D eigenvalue weighted by Gasteiger charge is -2.70. The lowest BCUT2D eigenvalue weighted by atomic mass is 9.33. The lowest BCUT2D eigenvalue weighted by Crippen LogP contribution is -2.66. The molecule has 5 aliphatic carbocycles. The van der Waals surface area contributed by atoms with Crippen LogP contribution in [0, 0.1) is 50.2 Å². The third-order valence-corrected chi connectivity index (χ3v) is 15.0. The molecule has 286 valence electrons. The fourth-order valence-corrected chi connectivity index (χ4v) is 12.1. The van der Waals surface area contributed by atoms with Gasteiger partial charge < -0.3 is 25.4 Å². The number of phenols is 1. The normalized spacial score (nSPS) is 35.6. The second-order valence-corrected chi connectivity index (χ2v) is 18.4. The van der Waals surface area contributed by atoms with Crippen LogP contribution in [0.2, 0.25) is 0 Å². The first-order valence-electron chi connectivity index (χ1n) is 19.1. The molecule has 0 saturated heterocycles. The van der Waals surface area contributed by atoms with Gasteiger partial charge in [0, 0.05) is 46.7 Å². The number of anilines is 1. The number of amides is 1. The van der Waals surface area contributed by atoms with Gasteiger partial charge in [-0.05, 0) is 116 Å². The zero-order chi connectivity index (χ0) is 38.8. The summed E-state index contributed by atoms with van der Waals surface area (Å²) in [5.41, 5.74) is -0.670. The highest BCUT2D eigenvalue weighted by atomic mass is 16.5. The minimum Gasteiger partial charge on any atom is -0.508 e. The highest BCUT2D eigenvalue weighted by Crippen LogP contribution is 2.75. The summed E-state index contributed by atoms with van der Waals surface area (Å²) in [7, 11) is 0. The average Bonchev–Trinajstić information content (AvgIpc) is 3.08. The molecular weight excluding hydrogens is 674 g/mol. The Morgan fingerprint density at radius 1 is 0.906 bits per heavy atom. The predicted octanol–water partition coefficient (Wildman–Crippen LogP) is 7.96. The fraction of sp³-hybridized carbons (Fsp3) is 0.605. The first-order valence-corrected chi connectivity index (χ1v) is 19.1. The molecule has 1 aromatic carbocycles. The molecule has 6 rings (SSSR count). The van der Waals surface area contributed by atoms with Crippen molar-refractivity contribution in [2.24, 2.45) is 50.2 Å². The van der Waals surface area contributed by atoms with Gasteiger partial charge in [0.25, 0.3) is 0 Å². The summed E-state index contributed by atoms with van der Waals surface area (Å²) in [6, 6.07) is 4.19. The molecule has 53 heavy (non-hydrogen) atoms. The van der Waals surface area contributed by atoms with Crippen LogP contribution in [0.15, 0.2) is 48.1 Å². The molecule has 0 radical (unpaired) electrons. The monoisotopic (exact) mass is 729 g/mol. The second-order valence-electron chi connectivity index (χ2n) is 18.4. The van der Waals surface area contributed by atoms with E-state index in [2.05, 4.69) is 52.9 Å². The highest BCUT2D eigenvalue weighted by molar-refractivity contribution is 6.03. The smallest absolute Gasteiger partial charge is 0.330 e. The van der Waals surface area contributed by atoms with Crippen LogP contribution in [0.3, 0.4) is 0 Å². The first-order chi connectivity index (χ1) is 24.7. The summed E-state index contributed by atoms with van der Waals surface area (Å²) in [5, 5.41) is 32.5. The van der Waals surface area contributed by atoms with E-state index in [1.165, 1.54) is 30.4 Å². The van der Waals surface area contributed by atoms with Gasteiger partial charge in [0.1, 0.15) is 18.1 Å². The Bertz CT molecular complexity index is 1820. The Kier molecular flexibility index (Phi) is 9.64. The number of hydrogen-bond acceptors (Lipinski definition) is 7. The molecule has 4 fully saturated rings. The molecule has 7 atom stereocenters. The summed E-state index contributed by atoms with van der Waals surface area (Å²) in [4.78, 5) is 63.4. The molecule has 10 nitrogen and oxygen atoms in total. The number of phenolic OH excluding ortho intramolecular Hbond substituents is 1. The molecule has 0 aromatic heterocycles. The molecule has 10 heteroatoms. The zero-order valence-electron chi connectivity index (χ0n) is 31.9. The summed E-state index contributed by atoms with van der Waals surface area (Å²) < 4.78 is 6.25. The average molecular weight is 730 g/mol. The van der Waals surface area contributed by atoms with Crippen molar-refractivity contribution in [2.45, 2.75) is 106 Å². The van der Waals surface area contributed by atoms with Crippen LogP contribution in [0.1, 0.15) is 111 Å². The van der Waals surface area contributed by atoms with Crippen molar-refractivity contribution in [3.8, 4) is 5.75 Å². The largest absolute Gasteiger partial charge is 0.508 e. The van der Waals surface area contributed by atoms with Crippen molar-refractivity contribution < 1.29 is 44.0 Å². The summed E-state index contributed by atoms with van der Waals surface area (Å²) in [5.74, 6) is -2.84. The minimum absolute atomic E-state index is 0.0418. The van der Waals surface area contributed by atoms with E-state index >= 15 is 0 Å². The third kappa shape index (κ3) is 6.33. The molecule has 1 amide bonds. The number of allylic oxidation sites excluding steroid dienone is 1. The molecule has 1 aromatic rings. The van der Waals surface area contributed by atoms with E-state index in [1.54, 1.807) is 0 Å². The number of carboxylic acids is 2. The van der Waals surface area contributed by atoms with Crippen molar-refractivity contribution in [1.29, 1.82) is 0 Å². The van der Waals surface area contributed by atoms with Crippen LogP contribution in [0.5, 0.6) is 5.75 Å².